The monoisotopic (exact) mass is 416 g/mol. The van der Waals surface area contributed by atoms with Gasteiger partial charge in [0.15, 0.2) is 5.78 Å². The number of Topliss-reactive ketones (excluding diaryl/α,β-unsaturated/α-hetero) is 1. The van der Waals surface area contributed by atoms with Gasteiger partial charge in [-0.25, -0.2) is 4.79 Å². The van der Waals surface area contributed by atoms with Crippen LogP contribution < -0.4 is 5.32 Å². The number of ether oxygens (including phenoxy) is 1. The second-order valence-electron chi connectivity index (χ2n) is 7.48. The van der Waals surface area contributed by atoms with Gasteiger partial charge in [0.05, 0.1) is 18.2 Å². The van der Waals surface area contributed by atoms with E-state index in [0.717, 1.165) is 5.56 Å². The van der Waals surface area contributed by atoms with Crippen LogP contribution in [0.5, 0.6) is 0 Å². The Hall–Kier alpha value is -3.67. The van der Waals surface area contributed by atoms with Crippen LogP contribution in [0.25, 0.3) is 0 Å². The highest BCUT2D eigenvalue weighted by molar-refractivity contribution is 6.10. The Kier molecular flexibility index (Phi) is 5.71. The van der Waals surface area contributed by atoms with Crippen LogP contribution in [-0.4, -0.2) is 29.2 Å². The zero-order chi connectivity index (χ0) is 22.0. The zero-order valence-electron chi connectivity index (χ0n) is 17.6. The average molecular weight is 416 g/mol. The number of nitrogens with one attached hydrogen (secondary N) is 1. The SMILES string of the molecule is CCOC(=O)C1=C(C)NC2=C(C(=O)c3ccccc3)CCC(=O)N2C1c1ccccc1. The first-order valence-corrected chi connectivity index (χ1v) is 10.4. The van der Waals surface area contributed by atoms with Gasteiger partial charge in [0.2, 0.25) is 5.91 Å². The summed E-state index contributed by atoms with van der Waals surface area (Å²) in [7, 11) is 0. The lowest BCUT2D eigenvalue weighted by Gasteiger charge is -2.43. The van der Waals surface area contributed by atoms with Crippen molar-refractivity contribution in [3.8, 4) is 0 Å². The Morgan fingerprint density at radius 3 is 2.32 bits per heavy atom. The fourth-order valence-corrected chi connectivity index (χ4v) is 4.14. The van der Waals surface area contributed by atoms with Crippen molar-refractivity contribution in [3.63, 3.8) is 0 Å². The molecule has 1 atom stereocenters. The summed E-state index contributed by atoms with van der Waals surface area (Å²) in [6.45, 7) is 3.75. The number of carbonyl (C=O) groups excluding carboxylic acids is 3. The highest BCUT2D eigenvalue weighted by Crippen LogP contribution is 2.41. The largest absolute Gasteiger partial charge is 0.463 e. The van der Waals surface area contributed by atoms with Gasteiger partial charge in [0, 0.05) is 23.3 Å². The van der Waals surface area contributed by atoms with E-state index in [4.69, 9.17) is 4.74 Å². The first-order chi connectivity index (χ1) is 15.0. The summed E-state index contributed by atoms with van der Waals surface area (Å²) >= 11 is 0. The standard InChI is InChI=1S/C25H24N2O4/c1-3-31-25(30)21-16(2)26-24-19(23(29)18-12-8-5-9-13-18)14-15-20(28)27(24)22(21)17-10-6-4-7-11-17/h4-13,22,26H,3,14-15H2,1-2H3. The van der Waals surface area contributed by atoms with E-state index in [1.54, 1.807) is 30.9 Å². The molecular formula is C25H24N2O4. The van der Waals surface area contributed by atoms with Crippen molar-refractivity contribution in [2.75, 3.05) is 6.61 Å². The molecule has 2 aromatic carbocycles. The van der Waals surface area contributed by atoms with Gasteiger partial charge in [-0.15, -0.1) is 0 Å². The molecule has 0 radical (unpaired) electrons. The minimum absolute atomic E-state index is 0.125. The van der Waals surface area contributed by atoms with E-state index < -0.39 is 12.0 Å². The van der Waals surface area contributed by atoms with Crippen molar-refractivity contribution in [2.24, 2.45) is 0 Å². The van der Waals surface area contributed by atoms with Crippen molar-refractivity contribution in [2.45, 2.75) is 32.7 Å². The highest BCUT2D eigenvalue weighted by atomic mass is 16.5. The van der Waals surface area contributed by atoms with E-state index in [-0.39, 0.29) is 24.7 Å². The van der Waals surface area contributed by atoms with E-state index >= 15 is 0 Å². The van der Waals surface area contributed by atoms with Crippen molar-refractivity contribution >= 4 is 17.7 Å². The molecule has 0 aromatic heterocycles. The number of benzene rings is 2. The Balaban J connectivity index is 1.90. The van der Waals surface area contributed by atoms with Gasteiger partial charge in [-0.1, -0.05) is 60.7 Å². The van der Waals surface area contributed by atoms with Crippen LogP contribution >= 0.6 is 0 Å². The number of hydrogen-bond donors (Lipinski definition) is 1. The second-order valence-corrected chi connectivity index (χ2v) is 7.48. The van der Waals surface area contributed by atoms with Crippen LogP contribution in [0, 0.1) is 0 Å². The lowest BCUT2D eigenvalue weighted by molar-refractivity contribution is -0.140. The van der Waals surface area contributed by atoms with Crippen molar-refractivity contribution in [1.29, 1.82) is 0 Å². The summed E-state index contributed by atoms with van der Waals surface area (Å²) in [4.78, 5) is 40.8. The van der Waals surface area contributed by atoms with Crippen LogP contribution in [0.15, 0.2) is 83.3 Å². The third kappa shape index (κ3) is 3.77. The number of allylic oxidation sites excluding steroid dienone is 2. The predicted molar refractivity (Wildman–Crippen MR) is 116 cm³/mol. The molecule has 4 rings (SSSR count). The topological polar surface area (TPSA) is 75.7 Å². The number of nitrogens with zero attached hydrogens (tertiary/aromatic N) is 1. The maximum atomic E-state index is 13.3. The molecule has 6 nitrogen and oxygen atoms in total. The number of ketones is 1. The Morgan fingerprint density at radius 2 is 1.68 bits per heavy atom. The number of carbonyl (C=O) groups is 3. The number of esters is 1. The van der Waals surface area contributed by atoms with Gasteiger partial charge >= 0.3 is 5.97 Å². The number of fused-ring (bicyclic) bond motifs is 1. The molecule has 0 bridgehead atoms. The molecule has 1 amide bonds. The molecule has 2 aliphatic rings. The first kappa shape index (κ1) is 20.6. The predicted octanol–water partition coefficient (Wildman–Crippen LogP) is 3.88. The van der Waals surface area contributed by atoms with E-state index in [1.165, 1.54) is 0 Å². The molecule has 0 spiro atoms. The Bertz CT molecular complexity index is 1090. The van der Waals surface area contributed by atoms with Crippen molar-refractivity contribution < 1.29 is 19.1 Å². The van der Waals surface area contributed by atoms with E-state index in [9.17, 15) is 14.4 Å². The molecule has 0 fully saturated rings. The summed E-state index contributed by atoms with van der Waals surface area (Å²) in [6.07, 6.45) is 0.534. The van der Waals surface area contributed by atoms with Gasteiger partial charge in [-0.2, -0.15) is 0 Å². The molecule has 2 aliphatic heterocycles. The lowest BCUT2D eigenvalue weighted by atomic mass is 9.88. The Labute approximate surface area is 181 Å². The molecule has 6 heteroatoms. The lowest BCUT2D eigenvalue weighted by Crippen LogP contribution is -2.49. The van der Waals surface area contributed by atoms with Crippen LogP contribution in [0.2, 0.25) is 0 Å². The summed E-state index contributed by atoms with van der Waals surface area (Å²) in [5.41, 5.74) is 2.83. The second kappa shape index (κ2) is 8.60. The fraction of sp³-hybridized carbons (Fsp3) is 0.240. The maximum absolute atomic E-state index is 13.3. The quantitative estimate of drug-likeness (QED) is 0.591. The summed E-state index contributed by atoms with van der Waals surface area (Å²) < 4.78 is 5.30. The minimum atomic E-state index is -0.664. The van der Waals surface area contributed by atoms with Crippen LogP contribution in [0.1, 0.15) is 48.7 Å². The zero-order valence-corrected chi connectivity index (χ0v) is 17.6. The molecule has 158 valence electrons. The fourth-order valence-electron chi connectivity index (χ4n) is 4.14. The molecule has 2 heterocycles. The molecule has 1 unspecified atom stereocenters. The van der Waals surface area contributed by atoms with Gasteiger partial charge in [-0.3, -0.25) is 14.5 Å². The summed E-state index contributed by atoms with van der Waals surface area (Å²) in [5.74, 6) is -0.297. The smallest absolute Gasteiger partial charge is 0.338 e. The number of rotatable bonds is 5. The van der Waals surface area contributed by atoms with Gasteiger partial charge < -0.3 is 10.1 Å². The third-order valence-electron chi connectivity index (χ3n) is 5.55. The van der Waals surface area contributed by atoms with Gasteiger partial charge in [0.25, 0.3) is 0 Å². The third-order valence-corrected chi connectivity index (χ3v) is 5.55. The molecule has 0 aliphatic carbocycles. The van der Waals surface area contributed by atoms with Crippen molar-refractivity contribution in [1.82, 2.24) is 10.2 Å². The highest BCUT2D eigenvalue weighted by Gasteiger charge is 2.43. The average Bonchev–Trinajstić information content (AvgIpc) is 2.79. The summed E-state index contributed by atoms with van der Waals surface area (Å²) in [6, 6.07) is 17.7. The van der Waals surface area contributed by atoms with Crippen LogP contribution in [0.4, 0.5) is 0 Å². The number of amides is 1. The first-order valence-electron chi connectivity index (χ1n) is 10.4. The molecule has 1 N–H and O–H groups in total. The van der Waals surface area contributed by atoms with E-state index in [1.807, 2.05) is 48.5 Å². The molecule has 0 saturated carbocycles. The Morgan fingerprint density at radius 1 is 1.03 bits per heavy atom. The van der Waals surface area contributed by atoms with Gasteiger partial charge in [0.1, 0.15) is 5.82 Å². The van der Waals surface area contributed by atoms with Crippen molar-refractivity contribution in [3.05, 3.63) is 94.5 Å². The number of hydrogen-bond acceptors (Lipinski definition) is 5. The van der Waals surface area contributed by atoms with E-state index in [2.05, 4.69) is 5.32 Å². The summed E-state index contributed by atoms with van der Waals surface area (Å²) in [5, 5.41) is 3.18. The van der Waals surface area contributed by atoms with E-state index in [0.29, 0.717) is 34.6 Å². The molecule has 0 saturated heterocycles. The van der Waals surface area contributed by atoms with Gasteiger partial charge in [-0.05, 0) is 25.8 Å². The normalized spacial score (nSPS) is 18.5. The van der Waals surface area contributed by atoms with Crippen LogP contribution in [0.3, 0.4) is 0 Å². The van der Waals surface area contributed by atoms with Crippen LogP contribution in [-0.2, 0) is 14.3 Å². The molecule has 2 aromatic rings. The molecule has 31 heavy (non-hydrogen) atoms. The minimum Gasteiger partial charge on any atom is -0.463 e. The maximum Gasteiger partial charge on any atom is 0.338 e. The molecular weight excluding hydrogens is 392 g/mol.